The Hall–Kier alpha value is -0.150. The van der Waals surface area contributed by atoms with Crippen molar-refractivity contribution < 1.29 is 14.2 Å². The van der Waals surface area contributed by atoms with Crippen LogP contribution in [0.5, 0.6) is 0 Å². The molecule has 70 valence electrons. The quantitative estimate of drug-likeness (QED) is 0.652. The monoisotopic (exact) mass is 174 g/mol. The summed E-state index contributed by atoms with van der Waals surface area (Å²) in [5.41, 5.74) is 0. The first kappa shape index (κ1) is 8.45. The molecule has 0 aromatic carbocycles. The first-order valence-electron chi connectivity index (χ1n) is 4.70. The van der Waals surface area contributed by atoms with Crippen molar-refractivity contribution in [1.82, 2.24) is 0 Å². The van der Waals surface area contributed by atoms with Gasteiger partial charge in [-0.05, 0) is 11.8 Å². The highest BCUT2D eigenvalue weighted by atomic mass is 19.1. The Labute approximate surface area is 71.7 Å². The molecule has 0 radical (unpaired) electrons. The zero-order valence-corrected chi connectivity index (χ0v) is 7.24. The minimum absolute atomic E-state index is 0.0139. The van der Waals surface area contributed by atoms with E-state index in [9.17, 15) is 9.50 Å². The van der Waals surface area contributed by atoms with Crippen molar-refractivity contribution in [2.45, 2.75) is 44.8 Å². The molecule has 2 nitrogen and oxygen atoms in total. The lowest BCUT2D eigenvalue weighted by Crippen LogP contribution is -2.16. The zero-order chi connectivity index (χ0) is 8.72. The van der Waals surface area contributed by atoms with Crippen LogP contribution < -0.4 is 0 Å². The minimum Gasteiger partial charge on any atom is -0.368 e. The average Bonchev–Trinajstić information content (AvgIpc) is 2.43. The highest BCUT2D eigenvalue weighted by Crippen LogP contribution is 2.45. The van der Waals surface area contributed by atoms with Gasteiger partial charge in [0.25, 0.3) is 0 Å². The molecule has 2 aliphatic rings. The maximum Gasteiger partial charge on any atom is 0.155 e. The Morgan fingerprint density at radius 2 is 2.25 bits per heavy atom. The van der Waals surface area contributed by atoms with Gasteiger partial charge in [-0.25, -0.2) is 4.39 Å². The Morgan fingerprint density at radius 3 is 2.92 bits per heavy atom. The van der Waals surface area contributed by atoms with Gasteiger partial charge in [-0.1, -0.05) is 13.3 Å². The van der Waals surface area contributed by atoms with Gasteiger partial charge >= 0.3 is 0 Å². The van der Waals surface area contributed by atoms with Crippen LogP contribution in [0.1, 0.15) is 26.2 Å². The smallest absolute Gasteiger partial charge is 0.155 e. The van der Waals surface area contributed by atoms with Crippen molar-refractivity contribution in [3.05, 3.63) is 0 Å². The van der Waals surface area contributed by atoms with Gasteiger partial charge in [-0.2, -0.15) is 0 Å². The van der Waals surface area contributed by atoms with E-state index >= 15 is 0 Å². The number of hydrogen-bond acceptors (Lipinski definition) is 2. The topological polar surface area (TPSA) is 29.5 Å². The lowest BCUT2D eigenvalue weighted by atomic mass is 9.90. The normalized spacial score (nSPS) is 52.8. The summed E-state index contributed by atoms with van der Waals surface area (Å²) < 4.78 is 18.5. The summed E-state index contributed by atoms with van der Waals surface area (Å²) in [5, 5.41) is 9.19. The predicted molar refractivity (Wildman–Crippen MR) is 42.3 cm³/mol. The lowest BCUT2D eigenvalue weighted by Gasteiger charge is -2.15. The molecule has 5 atom stereocenters. The van der Waals surface area contributed by atoms with Crippen LogP contribution in [0, 0.1) is 11.8 Å². The standard InChI is InChI=1S/C9H15FO2/c1-2-5-6-3-9(11)12-8(6)4-7(5)10/h5-9,11H,2-4H2,1H3/t5-,6-,7-,8+,9?/m1/s1. The number of aliphatic hydroxyl groups is 1. The van der Waals surface area contributed by atoms with Gasteiger partial charge in [-0.15, -0.1) is 0 Å². The number of fused-ring (bicyclic) bond motifs is 1. The number of alkyl halides is 1. The van der Waals surface area contributed by atoms with E-state index in [0.717, 1.165) is 6.42 Å². The fourth-order valence-electron chi connectivity index (χ4n) is 2.65. The molecule has 1 unspecified atom stereocenters. The number of halogens is 1. The van der Waals surface area contributed by atoms with Gasteiger partial charge in [0.2, 0.25) is 0 Å². The summed E-state index contributed by atoms with van der Waals surface area (Å²) in [7, 11) is 0. The molecule has 0 spiro atoms. The van der Waals surface area contributed by atoms with Crippen molar-refractivity contribution in [3.63, 3.8) is 0 Å². The van der Waals surface area contributed by atoms with Crippen LogP contribution in [0.3, 0.4) is 0 Å². The Kier molecular flexibility index (Phi) is 2.09. The summed E-state index contributed by atoms with van der Waals surface area (Å²) in [6, 6.07) is 0. The largest absolute Gasteiger partial charge is 0.368 e. The molecule has 1 N–H and O–H groups in total. The highest BCUT2D eigenvalue weighted by molar-refractivity contribution is 4.95. The van der Waals surface area contributed by atoms with E-state index in [4.69, 9.17) is 4.74 Å². The molecular formula is C9H15FO2. The fraction of sp³-hybridized carbons (Fsp3) is 1.00. The number of hydrogen-bond donors (Lipinski definition) is 1. The van der Waals surface area contributed by atoms with Crippen LogP contribution in [0.15, 0.2) is 0 Å². The van der Waals surface area contributed by atoms with E-state index < -0.39 is 12.5 Å². The molecule has 2 rings (SSSR count). The fourth-order valence-corrected chi connectivity index (χ4v) is 2.65. The summed E-state index contributed by atoms with van der Waals surface area (Å²) >= 11 is 0. The van der Waals surface area contributed by atoms with E-state index in [0.29, 0.717) is 12.8 Å². The molecule has 1 aliphatic heterocycles. The summed E-state index contributed by atoms with van der Waals surface area (Å²) in [5.74, 6) is 0.382. The minimum atomic E-state index is -0.711. The Morgan fingerprint density at radius 1 is 1.50 bits per heavy atom. The van der Waals surface area contributed by atoms with E-state index in [2.05, 4.69) is 0 Å². The third kappa shape index (κ3) is 1.15. The molecule has 0 amide bonds. The average molecular weight is 174 g/mol. The van der Waals surface area contributed by atoms with Crippen LogP contribution in [-0.2, 0) is 4.74 Å². The molecule has 2 fully saturated rings. The van der Waals surface area contributed by atoms with Crippen LogP contribution in [-0.4, -0.2) is 23.7 Å². The van der Waals surface area contributed by atoms with Crippen molar-refractivity contribution >= 4 is 0 Å². The molecule has 3 heteroatoms. The third-order valence-electron chi connectivity index (χ3n) is 3.23. The van der Waals surface area contributed by atoms with Crippen LogP contribution >= 0.6 is 0 Å². The summed E-state index contributed by atoms with van der Waals surface area (Å²) in [6.07, 6.45) is 0.612. The Balaban J connectivity index is 2.06. The van der Waals surface area contributed by atoms with Gasteiger partial charge in [-0.3, -0.25) is 0 Å². The summed E-state index contributed by atoms with van der Waals surface area (Å²) in [4.78, 5) is 0. The van der Waals surface area contributed by atoms with Crippen LogP contribution in [0.25, 0.3) is 0 Å². The SMILES string of the molecule is CC[C@@H]1[C@H]2CC(O)O[C@H]2C[C@H]1F. The van der Waals surface area contributed by atoms with Crippen molar-refractivity contribution in [2.24, 2.45) is 11.8 Å². The third-order valence-corrected chi connectivity index (χ3v) is 3.23. The number of ether oxygens (including phenoxy) is 1. The molecule has 1 saturated carbocycles. The lowest BCUT2D eigenvalue weighted by molar-refractivity contribution is -0.0930. The van der Waals surface area contributed by atoms with Crippen molar-refractivity contribution in [2.75, 3.05) is 0 Å². The molecular weight excluding hydrogens is 159 g/mol. The Bertz CT molecular complexity index is 174. The number of aliphatic hydroxyl groups excluding tert-OH is 1. The second-order valence-electron chi connectivity index (χ2n) is 3.85. The second kappa shape index (κ2) is 2.96. The second-order valence-corrected chi connectivity index (χ2v) is 3.85. The van der Waals surface area contributed by atoms with Gasteiger partial charge in [0, 0.05) is 12.8 Å². The maximum absolute atomic E-state index is 13.3. The molecule has 0 bridgehead atoms. The van der Waals surface area contributed by atoms with E-state index in [1.807, 2.05) is 6.92 Å². The highest BCUT2D eigenvalue weighted by Gasteiger charge is 2.48. The molecule has 12 heavy (non-hydrogen) atoms. The first-order chi connectivity index (χ1) is 5.72. The van der Waals surface area contributed by atoms with Gasteiger partial charge < -0.3 is 9.84 Å². The van der Waals surface area contributed by atoms with Gasteiger partial charge in [0.15, 0.2) is 6.29 Å². The van der Waals surface area contributed by atoms with Crippen LogP contribution in [0.4, 0.5) is 4.39 Å². The van der Waals surface area contributed by atoms with Gasteiger partial charge in [0.05, 0.1) is 6.10 Å². The molecule has 1 aliphatic carbocycles. The van der Waals surface area contributed by atoms with Gasteiger partial charge in [0.1, 0.15) is 6.17 Å². The van der Waals surface area contributed by atoms with Crippen molar-refractivity contribution in [3.8, 4) is 0 Å². The zero-order valence-electron chi connectivity index (χ0n) is 7.24. The first-order valence-corrected chi connectivity index (χ1v) is 4.70. The number of rotatable bonds is 1. The van der Waals surface area contributed by atoms with Crippen LogP contribution in [0.2, 0.25) is 0 Å². The van der Waals surface area contributed by atoms with Crippen molar-refractivity contribution in [1.29, 1.82) is 0 Å². The molecule has 1 heterocycles. The van der Waals surface area contributed by atoms with E-state index in [-0.39, 0.29) is 17.9 Å². The molecule has 0 aromatic rings. The molecule has 0 aromatic heterocycles. The summed E-state index contributed by atoms with van der Waals surface area (Å²) in [6.45, 7) is 2.00. The maximum atomic E-state index is 13.3. The van der Waals surface area contributed by atoms with E-state index in [1.54, 1.807) is 0 Å². The van der Waals surface area contributed by atoms with E-state index in [1.165, 1.54) is 0 Å². The molecule has 1 saturated heterocycles. The predicted octanol–water partition coefficient (Wildman–Crippen LogP) is 1.48.